The predicted molar refractivity (Wildman–Crippen MR) is 145 cm³/mol. The first kappa shape index (κ1) is 27.6. The summed E-state index contributed by atoms with van der Waals surface area (Å²) in [6.07, 6.45) is 4.94. The molecule has 9 nitrogen and oxygen atoms in total. The van der Waals surface area contributed by atoms with Crippen LogP contribution in [0.4, 0.5) is 24.8 Å². The largest absolute Gasteiger partial charge is 0.368 e. The van der Waals surface area contributed by atoms with Crippen LogP contribution in [0, 0.1) is 17.5 Å². The maximum absolute atomic E-state index is 15.9. The van der Waals surface area contributed by atoms with Gasteiger partial charge in [-0.3, -0.25) is 9.40 Å². The van der Waals surface area contributed by atoms with Gasteiger partial charge in [-0.1, -0.05) is 6.07 Å². The van der Waals surface area contributed by atoms with Gasteiger partial charge in [-0.25, -0.2) is 31.6 Å². The molecule has 1 saturated heterocycles. The van der Waals surface area contributed by atoms with Crippen LogP contribution in [0.15, 0.2) is 59.8 Å². The first-order valence-electron chi connectivity index (χ1n) is 12.7. The molecule has 1 fully saturated rings. The summed E-state index contributed by atoms with van der Waals surface area (Å²) in [5, 5.41) is 4.73. The zero-order chi connectivity index (χ0) is 28.6. The number of nitrogens with one attached hydrogen (secondary N) is 1. The Balaban J connectivity index is 1.55. The monoisotopic (exact) mass is 571 g/mol. The van der Waals surface area contributed by atoms with Gasteiger partial charge in [0.25, 0.3) is 10.0 Å². The van der Waals surface area contributed by atoms with Crippen molar-refractivity contribution in [1.29, 1.82) is 0 Å². The Morgan fingerprint density at radius 2 is 1.80 bits per heavy atom. The number of likely N-dealkylation sites (tertiary alicyclic amines) is 1. The van der Waals surface area contributed by atoms with Gasteiger partial charge in [0.05, 0.1) is 17.4 Å². The molecule has 2 aromatic heterocycles. The van der Waals surface area contributed by atoms with Crippen LogP contribution < -0.4 is 10.5 Å². The second-order valence-electron chi connectivity index (χ2n) is 9.88. The number of nitrogens with two attached hydrogens (primary N) is 1. The van der Waals surface area contributed by atoms with E-state index in [0.717, 1.165) is 32.0 Å². The molecule has 4 aromatic rings. The minimum Gasteiger partial charge on any atom is -0.368 e. The lowest BCUT2D eigenvalue weighted by atomic mass is 10.0. The van der Waals surface area contributed by atoms with Crippen molar-refractivity contribution in [3.8, 4) is 22.5 Å². The molecule has 0 atom stereocenters. The van der Waals surface area contributed by atoms with Crippen molar-refractivity contribution in [2.24, 2.45) is 0 Å². The van der Waals surface area contributed by atoms with Crippen molar-refractivity contribution >= 4 is 21.7 Å². The topological polar surface area (TPSA) is 119 Å². The fourth-order valence-corrected chi connectivity index (χ4v) is 5.98. The van der Waals surface area contributed by atoms with Gasteiger partial charge in [0.15, 0.2) is 5.82 Å². The second kappa shape index (κ2) is 10.9. The van der Waals surface area contributed by atoms with Gasteiger partial charge in [-0.2, -0.15) is 5.10 Å². The van der Waals surface area contributed by atoms with E-state index in [0.29, 0.717) is 29.4 Å². The van der Waals surface area contributed by atoms with Crippen LogP contribution in [0.25, 0.3) is 22.5 Å². The summed E-state index contributed by atoms with van der Waals surface area (Å²) in [7, 11) is -4.65. The van der Waals surface area contributed by atoms with E-state index in [1.165, 1.54) is 24.4 Å². The number of piperidine rings is 1. The molecule has 0 bridgehead atoms. The van der Waals surface area contributed by atoms with E-state index < -0.39 is 38.1 Å². The number of rotatable bonds is 7. The Hall–Kier alpha value is -3.97. The molecule has 0 unspecified atom stereocenters. The lowest BCUT2D eigenvalue weighted by Gasteiger charge is -2.34. The molecular weight excluding hydrogens is 543 g/mol. The summed E-state index contributed by atoms with van der Waals surface area (Å²) >= 11 is 0. The standard InChI is InChI=1S/C27H28F3N7O2S/c1-16(2)36-12-9-18(10-13-36)37-15-20(22-8-11-32-27(31)33-22)26(34-37)19-4-3-5-23(25(19)30)35-40(38,39)24-14-17(28)6-7-21(24)29/h3-8,11,14-16,18,35H,9-10,12-13H2,1-2H3,(H2,31,32,33). The van der Waals surface area contributed by atoms with Crippen LogP contribution in [0.5, 0.6) is 0 Å². The van der Waals surface area contributed by atoms with Crippen LogP contribution in [0.3, 0.4) is 0 Å². The quantitative estimate of drug-likeness (QED) is 0.325. The third kappa shape index (κ3) is 5.52. The fraction of sp³-hybridized carbons (Fsp3) is 0.296. The zero-order valence-electron chi connectivity index (χ0n) is 21.9. The average Bonchev–Trinajstić information content (AvgIpc) is 3.36. The van der Waals surface area contributed by atoms with Crippen molar-refractivity contribution in [2.45, 2.75) is 43.7 Å². The average molecular weight is 572 g/mol. The molecular formula is C27H28F3N7O2S. The first-order valence-corrected chi connectivity index (χ1v) is 14.2. The molecule has 0 spiro atoms. The van der Waals surface area contributed by atoms with E-state index in [1.54, 1.807) is 16.9 Å². The van der Waals surface area contributed by atoms with E-state index in [2.05, 4.69) is 28.7 Å². The molecule has 3 N–H and O–H groups in total. The molecule has 5 rings (SSSR count). The lowest BCUT2D eigenvalue weighted by Crippen LogP contribution is -2.39. The normalized spacial score (nSPS) is 15.1. The number of anilines is 2. The number of halogens is 3. The molecule has 0 saturated carbocycles. The SMILES string of the molecule is CC(C)N1CCC(n2cc(-c3ccnc(N)n3)c(-c3cccc(NS(=O)(=O)c4cc(F)ccc4F)c3F)n2)CC1. The van der Waals surface area contributed by atoms with Gasteiger partial charge in [0.2, 0.25) is 5.95 Å². The third-order valence-electron chi connectivity index (χ3n) is 6.97. The summed E-state index contributed by atoms with van der Waals surface area (Å²) < 4.78 is 73.3. The summed E-state index contributed by atoms with van der Waals surface area (Å²) in [6.45, 7) is 6.07. The fourth-order valence-electron chi connectivity index (χ4n) is 4.83. The number of nitrogen functional groups attached to an aromatic ring is 1. The number of nitrogens with zero attached hydrogens (tertiary/aromatic N) is 5. The van der Waals surface area contributed by atoms with E-state index in [-0.39, 0.29) is 23.2 Å². The van der Waals surface area contributed by atoms with Crippen molar-refractivity contribution in [3.63, 3.8) is 0 Å². The molecule has 2 aromatic carbocycles. The molecule has 1 aliphatic rings. The molecule has 0 amide bonds. The lowest BCUT2D eigenvalue weighted by molar-refractivity contribution is 0.147. The Bertz CT molecular complexity index is 1650. The van der Waals surface area contributed by atoms with Gasteiger partial charge >= 0.3 is 0 Å². The highest BCUT2D eigenvalue weighted by Gasteiger charge is 2.27. The van der Waals surface area contributed by atoms with Crippen LogP contribution in [0.1, 0.15) is 32.7 Å². The highest BCUT2D eigenvalue weighted by Crippen LogP contribution is 2.37. The van der Waals surface area contributed by atoms with E-state index in [1.807, 2.05) is 4.72 Å². The number of hydrogen-bond donors (Lipinski definition) is 2. The van der Waals surface area contributed by atoms with Gasteiger partial charge in [-0.15, -0.1) is 0 Å². The predicted octanol–water partition coefficient (Wildman–Crippen LogP) is 4.85. The highest BCUT2D eigenvalue weighted by molar-refractivity contribution is 7.92. The molecule has 0 radical (unpaired) electrons. The minimum absolute atomic E-state index is 0.00883. The second-order valence-corrected chi connectivity index (χ2v) is 11.5. The van der Waals surface area contributed by atoms with Crippen LogP contribution in [0.2, 0.25) is 0 Å². The first-order chi connectivity index (χ1) is 19.0. The summed E-state index contributed by atoms with van der Waals surface area (Å²) in [5.74, 6) is -3.03. The van der Waals surface area contributed by atoms with Crippen molar-refractivity contribution in [2.75, 3.05) is 23.5 Å². The minimum atomic E-state index is -4.65. The van der Waals surface area contributed by atoms with Crippen molar-refractivity contribution in [1.82, 2.24) is 24.6 Å². The molecule has 13 heteroatoms. The Morgan fingerprint density at radius 3 is 2.50 bits per heavy atom. The smallest absolute Gasteiger partial charge is 0.265 e. The number of benzene rings is 2. The zero-order valence-corrected chi connectivity index (χ0v) is 22.7. The molecule has 1 aliphatic heterocycles. The summed E-state index contributed by atoms with van der Waals surface area (Å²) in [4.78, 5) is 9.66. The Kier molecular flexibility index (Phi) is 7.51. The van der Waals surface area contributed by atoms with Crippen LogP contribution in [-0.2, 0) is 10.0 Å². The van der Waals surface area contributed by atoms with E-state index in [4.69, 9.17) is 10.8 Å². The van der Waals surface area contributed by atoms with E-state index >= 15 is 4.39 Å². The number of aromatic nitrogens is 4. The summed E-state index contributed by atoms with van der Waals surface area (Å²) in [6, 6.07) is 8.21. The van der Waals surface area contributed by atoms with Gasteiger partial charge in [0.1, 0.15) is 22.2 Å². The highest BCUT2D eigenvalue weighted by atomic mass is 32.2. The van der Waals surface area contributed by atoms with Crippen molar-refractivity contribution in [3.05, 3.63) is 72.3 Å². The van der Waals surface area contributed by atoms with E-state index in [9.17, 15) is 17.2 Å². The van der Waals surface area contributed by atoms with Gasteiger partial charge in [-0.05, 0) is 63.1 Å². The Labute approximate surface area is 229 Å². The third-order valence-corrected chi connectivity index (χ3v) is 8.35. The van der Waals surface area contributed by atoms with Gasteiger partial charge in [0, 0.05) is 42.7 Å². The number of sulfonamides is 1. The summed E-state index contributed by atoms with van der Waals surface area (Å²) in [5.41, 5.74) is 6.48. The van der Waals surface area contributed by atoms with Gasteiger partial charge < -0.3 is 10.6 Å². The molecule has 40 heavy (non-hydrogen) atoms. The molecule has 0 aliphatic carbocycles. The Morgan fingerprint density at radius 1 is 1.05 bits per heavy atom. The van der Waals surface area contributed by atoms with Crippen LogP contribution >= 0.6 is 0 Å². The molecule has 3 heterocycles. The maximum Gasteiger partial charge on any atom is 0.265 e. The maximum atomic E-state index is 15.9. The van der Waals surface area contributed by atoms with Crippen molar-refractivity contribution < 1.29 is 21.6 Å². The molecule has 210 valence electrons. The number of hydrogen-bond acceptors (Lipinski definition) is 7. The van der Waals surface area contributed by atoms with Crippen LogP contribution in [-0.4, -0.2) is 52.2 Å².